The summed E-state index contributed by atoms with van der Waals surface area (Å²) in [6.07, 6.45) is 1.14. The zero-order valence-corrected chi connectivity index (χ0v) is 9.10. The average molecular weight is 214 g/mol. The minimum atomic E-state index is -0.131. The maximum absolute atomic E-state index is 11.3. The maximum Gasteiger partial charge on any atom is 0.227 e. The first-order valence-corrected chi connectivity index (χ1v) is 5.31. The van der Waals surface area contributed by atoms with Crippen molar-refractivity contribution >= 4 is 22.4 Å². The van der Waals surface area contributed by atoms with Gasteiger partial charge in [0.25, 0.3) is 0 Å². The van der Waals surface area contributed by atoms with Crippen molar-refractivity contribution < 1.29 is 4.79 Å². The van der Waals surface area contributed by atoms with E-state index in [0.717, 1.165) is 11.4 Å². The quantitative estimate of drug-likeness (QED) is 0.776. The fourth-order valence-corrected chi connectivity index (χ4v) is 1.61. The Morgan fingerprint density at radius 3 is 2.86 bits per heavy atom. The molecule has 3 N–H and O–H groups in total. The molecule has 0 aromatic carbocycles. The van der Waals surface area contributed by atoms with Gasteiger partial charge in [-0.2, -0.15) is 0 Å². The third-order valence-corrected chi connectivity index (χ3v) is 2.51. The van der Waals surface area contributed by atoms with E-state index in [-0.39, 0.29) is 11.9 Å². The molecule has 0 fully saturated rings. The number of nitrogens with one attached hydrogen (secondary N) is 1. The van der Waals surface area contributed by atoms with Gasteiger partial charge in [-0.3, -0.25) is 4.79 Å². The van der Waals surface area contributed by atoms with Crippen LogP contribution in [0.5, 0.6) is 0 Å². The van der Waals surface area contributed by atoms with Gasteiger partial charge in [-0.05, 0) is 13.3 Å². The van der Waals surface area contributed by atoms with Crippen molar-refractivity contribution in [3.8, 4) is 0 Å². The smallest absolute Gasteiger partial charge is 0.227 e. The summed E-state index contributed by atoms with van der Waals surface area (Å²) in [5.41, 5.74) is 5.48. The lowest BCUT2D eigenvalue weighted by atomic mass is 10.2. The molecule has 0 radical (unpaired) electrons. The largest absolute Gasteiger partial charge is 0.327 e. The van der Waals surface area contributed by atoms with Crippen LogP contribution in [0.25, 0.3) is 0 Å². The van der Waals surface area contributed by atoms with E-state index in [9.17, 15) is 4.79 Å². The molecule has 14 heavy (non-hydrogen) atoms. The highest BCUT2D eigenvalue weighted by molar-refractivity contribution is 7.15. The lowest BCUT2D eigenvalue weighted by Crippen LogP contribution is -2.23. The molecule has 0 saturated heterocycles. The molecule has 1 rings (SSSR count). The van der Waals surface area contributed by atoms with Crippen molar-refractivity contribution in [3.63, 3.8) is 0 Å². The minimum Gasteiger partial charge on any atom is -0.327 e. The molecule has 0 saturated carbocycles. The number of carbonyl (C=O) groups excluding carboxylic acids is 1. The number of carbonyl (C=O) groups is 1. The van der Waals surface area contributed by atoms with Crippen LogP contribution in [0.4, 0.5) is 5.13 Å². The number of hydrogen-bond donors (Lipinski definition) is 2. The van der Waals surface area contributed by atoms with Crippen molar-refractivity contribution in [2.24, 2.45) is 5.73 Å². The molecule has 6 heteroatoms. The van der Waals surface area contributed by atoms with Gasteiger partial charge in [-0.15, -0.1) is 10.2 Å². The molecular formula is C8H14N4OS. The summed E-state index contributed by atoms with van der Waals surface area (Å²) in [6, 6.07) is -0.131. The molecular weight excluding hydrogens is 200 g/mol. The second kappa shape index (κ2) is 5.02. The standard InChI is InChI=1S/C8H14N4OS/c1-3-7-11-12-8(14-7)10-6(13)4-5(2)9/h5H,3-4,9H2,1-2H3,(H,10,12,13). The number of nitrogens with zero attached hydrogens (tertiary/aromatic N) is 2. The van der Waals surface area contributed by atoms with Gasteiger partial charge < -0.3 is 11.1 Å². The molecule has 0 spiro atoms. The molecule has 1 unspecified atom stereocenters. The Balaban J connectivity index is 2.47. The first-order valence-electron chi connectivity index (χ1n) is 4.49. The monoisotopic (exact) mass is 214 g/mol. The zero-order chi connectivity index (χ0) is 10.6. The summed E-state index contributed by atoms with van der Waals surface area (Å²) in [5, 5.41) is 11.8. The Morgan fingerprint density at radius 2 is 2.36 bits per heavy atom. The lowest BCUT2D eigenvalue weighted by Gasteiger charge is -2.02. The number of rotatable bonds is 4. The number of aromatic nitrogens is 2. The first kappa shape index (κ1) is 11.1. The molecule has 1 aromatic rings. The third-order valence-electron chi connectivity index (χ3n) is 1.52. The van der Waals surface area contributed by atoms with Gasteiger partial charge in [0.05, 0.1) is 0 Å². The molecule has 0 bridgehead atoms. The van der Waals surface area contributed by atoms with E-state index in [0.29, 0.717) is 11.6 Å². The molecule has 0 aliphatic rings. The Morgan fingerprint density at radius 1 is 1.64 bits per heavy atom. The summed E-state index contributed by atoms with van der Waals surface area (Å²) in [4.78, 5) is 11.3. The molecule has 78 valence electrons. The molecule has 1 aromatic heterocycles. The van der Waals surface area contributed by atoms with Gasteiger partial charge in [-0.25, -0.2) is 0 Å². The van der Waals surface area contributed by atoms with Crippen molar-refractivity contribution in [2.75, 3.05) is 5.32 Å². The van der Waals surface area contributed by atoms with Crippen LogP contribution in [0.1, 0.15) is 25.3 Å². The van der Waals surface area contributed by atoms with Crippen molar-refractivity contribution in [2.45, 2.75) is 32.7 Å². The molecule has 5 nitrogen and oxygen atoms in total. The lowest BCUT2D eigenvalue weighted by molar-refractivity contribution is -0.116. The molecule has 1 amide bonds. The fraction of sp³-hybridized carbons (Fsp3) is 0.625. The molecule has 0 aliphatic heterocycles. The summed E-state index contributed by atoms with van der Waals surface area (Å²) in [5.74, 6) is -0.112. The van der Waals surface area contributed by atoms with Crippen LogP contribution in [-0.2, 0) is 11.2 Å². The highest BCUT2D eigenvalue weighted by Crippen LogP contribution is 2.15. The average Bonchev–Trinajstić information content (AvgIpc) is 2.50. The van der Waals surface area contributed by atoms with E-state index >= 15 is 0 Å². The highest BCUT2D eigenvalue weighted by Gasteiger charge is 2.08. The van der Waals surface area contributed by atoms with Crippen LogP contribution in [0, 0.1) is 0 Å². The van der Waals surface area contributed by atoms with Crippen LogP contribution < -0.4 is 11.1 Å². The van der Waals surface area contributed by atoms with Crippen molar-refractivity contribution in [1.82, 2.24) is 10.2 Å². The van der Waals surface area contributed by atoms with E-state index in [1.54, 1.807) is 6.92 Å². The predicted molar refractivity (Wildman–Crippen MR) is 56.2 cm³/mol. The second-order valence-corrected chi connectivity index (χ2v) is 4.15. The number of nitrogens with two attached hydrogens (primary N) is 1. The zero-order valence-electron chi connectivity index (χ0n) is 8.28. The Kier molecular flexibility index (Phi) is 3.97. The number of hydrogen-bond acceptors (Lipinski definition) is 5. The molecule has 1 atom stereocenters. The Bertz CT molecular complexity index is 310. The number of anilines is 1. The summed E-state index contributed by atoms with van der Waals surface area (Å²) in [7, 11) is 0. The van der Waals surface area contributed by atoms with Gasteiger partial charge in [-0.1, -0.05) is 18.3 Å². The van der Waals surface area contributed by atoms with E-state index in [2.05, 4.69) is 15.5 Å². The van der Waals surface area contributed by atoms with Crippen LogP contribution in [-0.4, -0.2) is 22.1 Å². The Hall–Kier alpha value is -1.01. The van der Waals surface area contributed by atoms with Crippen LogP contribution >= 0.6 is 11.3 Å². The normalized spacial score (nSPS) is 12.5. The van der Waals surface area contributed by atoms with Crippen molar-refractivity contribution in [1.29, 1.82) is 0 Å². The van der Waals surface area contributed by atoms with E-state index in [4.69, 9.17) is 5.73 Å². The summed E-state index contributed by atoms with van der Waals surface area (Å²) >= 11 is 1.39. The van der Waals surface area contributed by atoms with E-state index < -0.39 is 0 Å². The van der Waals surface area contributed by atoms with Gasteiger partial charge in [0, 0.05) is 12.5 Å². The number of amides is 1. The predicted octanol–water partition coefficient (Wildman–Crippen LogP) is 0.776. The van der Waals surface area contributed by atoms with Gasteiger partial charge in [0.15, 0.2) is 0 Å². The molecule has 0 aliphatic carbocycles. The first-order chi connectivity index (χ1) is 6.61. The maximum atomic E-state index is 11.3. The van der Waals surface area contributed by atoms with E-state index in [1.807, 2.05) is 6.92 Å². The Labute approximate surface area is 86.7 Å². The van der Waals surface area contributed by atoms with Crippen LogP contribution in [0.3, 0.4) is 0 Å². The summed E-state index contributed by atoms with van der Waals surface area (Å²) < 4.78 is 0. The van der Waals surface area contributed by atoms with Crippen LogP contribution in [0.15, 0.2) is 0 Å². The molecule has 1 heterocycles. The van der Waals surface area contributed by atoms with Gasteiger partial charge in [0.2, 0.25) is 11.0 Å². The summed E-state index contributed by atoms with van der Waals surface area (Å²) in [6.45, 7) is 3.78. The van der Waals surface area contributed by atoms with Crippen LogP contribution in [0.2, 0.25) is 0 Å². The number of aryl methyl sites for hydroxylation is 1. The SMILES string of the molecule is CCc1nnc(NC(=O)CC(C)N)s1. The van der Waals surface area contributed by atoms with Crippen molar-refractivity contribution in [3.05, 3.63) is 5.01 Å². The minimum absolute atomic E-state index is 0.112. The third kappa shape index (κ3) is 3.39. The van der Waals surface area contributed by atoms with Gasteiger partial charge in [0.1, 0.15) is 5.01 Å². The topological polar surface area (TPSA) is 80.9 Å². The van der Waals surface area contributed by atoms with E-state index in [1.165, 1.54) is 11.3 Å². The second-order valence-electron chi connectivity index (χ2n) is 3.08. The fourth-order valence-electron chi connectivity index (χ4n) is 0.910. The van der Waals surface area contributed by atoms with Gasteiger partial charge >= 0.3 is 0 Å². The highest BCUT2D eigenvalue weighted by atomic mass is 32.1.